The highest BCUT2D eigenvalue weighted by Crippen LogP contribution is 2.38. The van der Waals surface area contributed by atoms with E-state index in [1.165, 1.54) is 27.1 Å². The number of rotatable bonds is 2. The summed E-state index contributed by atoms with van der Waals surface area (Å²) >= 11 is 0. The van der Waals surface area contributed by atoms with Crippen molar-refractivity contribution in [3.8, 4) is 11.3 Å². The zero-order chi connectivity index (χ0) is 22.8. The predicted octanol–water partition coefficient (Wildman–Crippen LogP) is 6.51. The Labute approximate surface area is 194 Å². The molecule has 1 aliphatic heterocycles. The third-order valence-corrected chi connectivity index (χ3v) is 7.27. The zero-order valence-corrected chi connectivity index (χ0v) is 19.4. The van der Waals surface area contributed by atoms with E-state index in [4.69, 9.17) is 14.3 Å². The van der Waals surface area contributed by atoms with Crippen LogP contribution in [-0.4, -0.2) is 23.3 Å². The van der Waals surface area contributed by atoms with Crippen LogP contribution in [0.4, 0.5) is 0 Å². The predicted molar refractivity (Wildman–Crippen MR) is 138 cm³/mol. The van der Waals surface area contributed by atoms with Gasteiger partial charge in [0.15, 0.2) is 0 Å². The third-order valence-electron chi connectivity index (χ3n) is 7.27. The van der Waals surface area contributed by atoms with Crippen LogP contribution in [0.2, 0.25) is 0 Å². The topological polar surface area (TPSA) is 31.4 Å². The van der Waals surface area contributed by atoms with E-state index in [2.05, 4.69) is 113 Å². The van der Waals surface area contributed by atoms with Crippen LogP contribution in [0.1, 0.15) is 27.7 Å². The molecule has 4 heteroatoms. The lowest BCUT2D eigenvalue weighted by molar-refractivity contribution is 0.00578. The molecule has 4 aromatic carbocycles. The second-order valence-electron chi connectivity index (χ2n) is 9.93. The summed E-state index contributed by atoms with van der Waals surface area (Å²) in [6, 6.07) is 29.9. The fraction of sp³-hybridized carbons (Fsp3) is 0.207. The first-order chi connectivity index (χ1) is 15.8. The lowest BCUT2D eigenvalue weighted by atomic mass is 9.78. The second kappa shape index (κ2) is 7.15. The van der Waals surface area contributed by atoms with E-state index >= 15 is 0 Å². The van der Waals surface area contributed by atoms with E-state index in [0.29, 0.717) is 0 Å². The molecule has 0 N–H and O–H groups in total. The highest BCUT2D eigenvalue weighted by atomic mass is 16.7. The number of fused-ring (bicyclic) bond motifs is 3. The van der Waals surface area contributed by atoms with Crippen molar-refractivity contribution in [1.82, 2.24) is 4.98 Å². The molecule has 0 spiro atoms. The number of hydrogen-bond donors (Lipinski definition) is 0. The van der Waals surface area contributed by atoms with Crippen LogP contribution in [0, 0.1) is 0 Å². The van der Waals surface area contributed by atoms with Gasteiger partial charge in [0.05, 0.1) is 22.4 Å². The van der Waals surface area contributed by atoms with Crippen molar-refractivity contribution in [3.05, 3.63) is 84.9 Å². The number of pyridine rings is 1. The van der Waals surface area contributed by atoms with Gasteiger partial charge in [-0.1, -0.05) is 66.7 Å². The Bertz CT molecular complexity index is 1470. The van der Waals surface area contributed by atoms with Gasteiger partial charge in [-0.25, -0.2) is 4.98 Å². The highest BCUT2D eigenvalue weighted by Gasteiger charge is 2.51. The van der Waals surface area contributed by atoms with E-state index in [0.717, 1.165) is 22.1 Å². The van der Waals surface area contributed by atoms with Gasteiger partial charge >= 0.3 is 7.12 Å². The minimum absolute atomic E-state index is 0.357. The maximum atomic E-state index is 6.25. The van der Waals surface area contributed by atoms with E-state index in [1.807, 2.05) is 0 Å². The van der Waals surface area contributed by atoms with Crippen molar-refractivity contribution in [2.45, 2.75) is 38.9 Å². The fourth-order valence-corrected chi connectivity index (χ4v) is 4.70. The third kappa shape index (κ3) is 3.25. The molecule has 0 bridgehead atoms. The van der Waals surface area contributed by atoms with Gasteiger partial charge in [0.2, 0.25) is 0 Å². The molecule has 1 fully saturated rings. The molecule has 0 unspecified atom stereocenters. The first-order valence-corrected chi connectivity index (χ1v) is 11.5. The van der Waals surface area contributed by atoms with Gasteiger partial charge < -0.3 is 9.31 Å². The molecule has 2 heterocycles. The summed E-state index contributed by atoms with van der Waals surface area (Å²) in [6.45, 7) is 8.32. The van der Waals surface area contributed by atoms with E-state index < -0.39 is 0 Å². The highest BCUT2D eigenvalue weighted by molar-refractivity contribution is 6.62. The van der Waals surface area contributed by atoms with Crippen LogP contribution < -0.4 is 5.46 Å². The van der Waals surface area contributed by atoms with Crippen LogP contribution in [0.15, 0.2) is 84.9 Å². The van der Waals surface area contributed by atoms with E-state index in [9.17, 15) is 0 Å². The maximum absolute atomic E-state index is 6.25. The summed E-state index contributed by atoms with van der Waals surface area (Å²) in [4.78, 5) is 5.09. The van der Waals surface area contributed by atoms with E-state index in [-0.39, 0.29) is 18.3 Å². The van der Waals surface area contributed by atoms with Crippen molar-refractivity contribution in [2.75, 3.05) is 0 Å². The van der Waals surface area contributed by atoms with Gasteiger partial charge in [0, 0.05) is 5.56 Å². The van der Waals surface area contributed by atoms with Gasteiger partial charge in [0.25, 0.3) is 0 Å². The minimum atomic E-state index is -0.374. The quantitative estimate of drug-likeness (QED) is 0.236. The van der Waals surface area contributed by atoms with Crippen molar-refractivity contribution in [1.29, 1.82) is 0 Å². The summed E-state index contributed by atoms with van der Waals surface area (Å²) < 4.78 is 12.5. The van der Waals surface area contributed by atoms with Crippen molar-refractivity contribution in [3.63, 3.8) is 0 Å². The normalized spacial score (nSPS) is 17.3. The maximum Gasteiger partial charge on any atom is 0.494 e. The molecule has 5 aromatic rings. The van der Waals surface area contributed by atoms with Gasteiger partial charge in [-0.05, 0) is 78.3 Å². The lowest BCUT2D eigenvalue weighted by Gasteiger charge is -2.32. The van der Waals surface area contributed by atoms with Crippen LogP contribution in [-0.2, 0) is 9.31 Å². The smallest absolute Gasteiger partial charge is 0.399 e. The standard InChI is InChI=1S/C29H26BNO2/c1-28(2)29(3,4)33-30(32-28)22-14-16-25-21(18-22)13-15-26(31-25)27-23-11-7-5-9-19(23)17-20-10-6-8-12-24(20)27/h5-18H,1-4H3. The Kier molecular flexibility index (Phi) is 4.42. The zero-order valence-electron chi connectivity index (χ0n) is 19.4. The Morgan fingerprint density at radius 1 is 0.636 bits per heavy atom. The van der Waals surface area contributed by atoms with Crippen LogP contribution in [0.25, 0.3) is 43.7 Å². The van der Waals surface area contributed by atoms with Crippen LogP contribution in [0.3, 0.4) is 0 Å². The van der Waals surface area contributed by atoms with Crippen molar-refractivity contribution < 1.29 is 9.31 Å². The van der Waals surface area contributed by atoms with E-state index in [1.54, 1.807) is 0 Å². The number of nitrogens with zero attached hydrogens (tertiary/aromatic N) is 1. The molecule has 0 radical (unpaired) electrons. The van der Waals surface area contributed by atoms with Gasteiger partial charge in [-0.2, -0.15) is 0 Å². The summed E-state index contributed by atoms with van der Waals surface area (Å²) in [5.74, 6) is 0. The molecule has 0 atom stereocenters. The lowest BCUT2D eigenvalue weighted by Crippen LogP contribution is -2.41. The summed E-state index contributed by atoms with van der Waals surface area (Å²) in [7, 11) is -0.374. The average Bonchev–Trinajstić information content (AvgIpc) is 3.03. The Morgan fingerprint density at radius 3 is 1.88 bits per heavy atom. The molecule has 0 aliphatic carbocycles. The Balaban J connectivity index is 1.48. The van der Waals surface area contributed by atoms with Crippen LogP contribution >= 0.6 is 0 Å². The molecule has 6 rings (SSSR count). The number of benzene rings is 4. The molecule has 0 amide bonds. The molecule has 1 saturated heterocycles. The average molecular weight is 431 g/mol. The molecule has 1 aromatic heterocycles. The van der Waals surface area contributed by atoms with Gasteiger partial charge in [-0.15, -0.1) is 0 Å². The van der Waals surface area contributed by atoms with Gasteiger partial charge in [-0.3, -0.25) is 0 Å². The molecular formula is C29H26BNO2. The fourth-order valence-electron chi connectivity index (χ4n) is 4.70. The molecular weight excluding hydrogens is 405 g/mol. The number of hydrogen-bond acceptors (Lipinski definition) is 3. The van der Waals surface area contributed by atoms with Gasteiger partial charge in [0.1, 0.15) is 0 Å². The first-order valence-electron chi connectivity index (χ1n) is 11.5. The largest absolute Gasteiger partial charge is 0.494 e. The van der Waals surface area contributed by atoms with Crippen LogP contribution in [0.5, 0.6) is 0 Å². The summed E-state index contributed by atoms with van der Waals surface area (Å²) in [5.41, 5.74) is 3.43. The minimum Gasteiger partial charge on any atom is -0.399 e. The monoisotopic (exact) mass is 431 g/mol. The summed E-state index contributed by atoms with van der Waals surface area (Å²) in [5, 5.41) is 5.97. The molecule has 162 valence electrons. The van der Waals surface area contributed by atoms with Crippen molar-refractivity contribution >= 4 is 45.0 Å². The SMILES string of the molecule is CC1(C)OB(c2ccc3nc(-c4c5ccccc5cc5ccccc45)ccc3c2)OC1(C)C. The second-order valence-corrected chi connectivity index (χ2v) is 9.93. The Hall–Kier alpha value is -3.21. The summed E-state index contributed by atoms with van der Waals surface area (Å²) in [6.07, 6.45) is 0. The molecule has 1 aliphatic rings. The molecule has 0 saturated carbocycles. The first kappa shape index (κ1) is 20.4. The van der Waals surface area contributed by atoms with Crippen molar-refractivity contribution in [2.24, 2.45) is 0 Å². The Morgan fingerprint density at radius 2 is 1.24 bits per heavy atom. The number of aromatic nitrogens is 1. The molecule has 3 nitrogen and oxygen atoms in total. The molecule has 33 heavy (non-hydrogen) atoms.